The molecule has 2 heterocycles. The summed E-state index contributed by atoms with van der Waals surface area (Å²) in [5.41, 5.74) is 0.780. The second kappa shape index (κ2) is 10.2. The van der Waals surface area contributed by atoms with Crippen molar-refractivity contribution in [3.63, 3.8) is 0 Å². The number of hydrogen-bond donors (Lipinski definition) is 1. The molecular weight excluding hydrogens is 428 g/mol. The molecule has 1 aliphatic carbocycles. The number of rotatable bonds is 6. The summed E-state index contributed by atoms with van der Waals surface area (Å²) < 4.78 is 0. The number of nitrogens with one attached hydrogen (secondary N) is 1. The zero-order chi connectivity index (χ0) is 22.5. The smallest absolute Gasteiger partial charge is 0.274 e. The first-order valence-corrected chi connectivity index (χ1v) is 12.2. The van der Waals surface area contributed by atoms with Crippen molar-refractivity contribution in [1.29, 1.82) is 0 Å². The standard InChI is InChI=1S/C23H28N4O4S/c28-21(24-14-18-8-4-5-9-20(18)27(30)31)19-15-32-22(25-19)16-10-12-26(13-11-16)23(29)17-6-2-1-3-7-17/h4-5,8-9,15-17H,1-3,6-7,10-14H2,(H,24,28). The molecule has 2 aliphatic rings. The summed E-state index contributed by atoms with van der Waals surface area (Å²) in [5.74, 6) is 0.441. The Hall–Kier alpha value is -2.81. The normalized spacial score (nSPS) is 17.8. The van der Waals surface area contributed by atoms with E-state index in [2.05, 4.69) is 10.3 Å². The van der Waals surface area contributed by atoms with E-state index in [4.69, 9.17) is 0 Å². The number of para-hydroxylation sites is 1. The highest BCUT2D eigenvalue weighted by Crippen LogP contribution is 2.32. The Morgan fingerprint density at radius 3 is 2.56 bits per heavy atom. The lowest BCUT2D eigenvalue weighted by atomic mass is 9.87. The van der Waals surface area contributed by atoms with Gasteiger partial charge in [0.05, 0.1) is 9.93 Å². The number of nitrogens with zero attached hydrogens (tertiary/aromatic N) is 3. The number of amides is 2. The number of nitro groups is 1. The minimum Gasteiger partial charge on any atom is -0.346 e. The van der Waals surface area contributed by atoms with Gasteiger partial charge in [0.15, 0.2) is 0 Å². The highest BCUT2D eigenvalue weighted by atomic mass is 32.1. The Kier molecular flexibility index (Phi) is 7.14. The summed E-state index contributed by atoms with van der Waals surface area (Å²) in [7, 11) is 0. The number of piperidine rings is 1. The van der Waals surface area contributed by atoms with Crippen molar-refractivity contribution in [2.75, 3.05) is 13.1 Å². The Bertz CT molecular complexity index is 978. The van der Waals surface area contributed by atoms with E-state index in [1.54, 1.807) is 23.6 Å². The van der Waals surface area contributed by atoms with Crippen LogP contribution in [0.3, 0.4) is 0 Å². The van der Waals surface area contributed by atoms with E-state index in [9.17, 15) is 19.7 Å². The van der Waals surface area contributed by atoms with Gasteiger partial charge in [-0.3, -0.25) is 19.7 Å². The van der Waals surface area contributed by atoms with Gasteiger partial charge in [-0.2, -0.15) is 0 Å². The van der Waals surface area contributed by atoms with Crippen LogP contribution in [0.2, 0.25) is 0 Å². The molecule has 1 aromatic heterocycles. The van der Waals surface area contributed by atoms with Crippen LogP contribution in [0.25, 0.3) is 0 Å². The van der Waals surface area contributed by atoms with Crippen molar-refractivity contribution in [3.05, 3.63) is 56.0 Å². The minimum absolute atomic E-state index is 0.0127. The second-order valence-corrected chi connectivity index (χ2v) is 9.46. The number of thiazole rings is 1. The van der Waals surface area contributed by atoms with Crippen LogP contribution >= 0.6 is 11.3 Å². The van der Waals surface area contributed by atoms with Crippen molar-refractivity contribution in [2.45, 2.75) is 57.4 Å². The van der Waals surface area contributed by atoms with E-state index < -0.39 is 4.92 Å². The number of hydrogen-bond acceptors (Lipinski definition) is 6. The van der Waals surface area contributed by atoms with E-state index in [-0.39, 0.29) is 30.0 Å². The molecular formula is C23H28N4O4S. The first-order chi connectivity index (χ1) is 15.5. The molecule has 170 valence electrons. The Morgan fingerprint density at radius 2 is 1.84 bits per heavy atom. The maximum absolute atomic E-state index is 12.8. The van der Waals surface area contributed by atoms with Gasteiger partial charge in [0.1, 0.15) is 5.69 Å². The van der Waals surface area contributed by atoms with E-state index in [0.717, 1.165) is 56.6 Å². The first kappa shape index (κ1) is 22.4. The lowest BCUT2D eigenvalue weighted by Gasteiger charge is -2.34. The Morgan fingerprint density at radius 1 is 1.12 bits per heavy atom. The van der Waals surface area contributed by atoms with Gasteiger partial charge >= 0.3 is 0 Å². The Balaban J connectivity index is 1.30. The van der Waals surface area contributed by atoms with Crippen molar-refractivity contribution in [2.24, 2.45) is 5.92 Å². The molecule has 1 aliphatic heterocycles. The van der Waals surface area contributed by atoms with Crippen molar-refractivity contribution < 1.29 is 14.5 Å². The number of likely N-dealkylation sites (tertiary alicyclic amines) is 1. The molecule has 2 fully saturated rings. The Labute approximate surface area is 191 Å². The van der Waals surface area contributed by atoms with Gasteiger partial charge in [0.25, 0.3) is 11.6 Å². The number of aromatic nitrogens is 1. The third-order valence-corrected chi connectivity index (χ3v) is 7.50. The van der Waals surface area contributed by atoms with E-state index in [0.29, 0.717) is 17.2 Å². The van der Waals surface area contributed by atoms with E-state index in [1.165, 1.54) is 23.8 Å². The van der Waals surface area contributed by atoms with Crippen LogP contribution in [0.1, 0.15) is 71.9 Å². The predicted octanol–water partition coefficient (Wildman–Crippen LogP) is 4.27. The molecule has 0 spiro atoms. The largest absolute Gasteiger partial charge is 0.346 e. The molecule has 0 unspecified atom stereocenters. The van der Waals surface area contributed by atoms with Crippen LogP contribution in [0.15, 0.2) is 29.6 Å². The lowest BCUT2D eigenvalue weighted by molar-refractivity contribution is -0.385. The van der Waals surface area contributed by atoms with E-state index in [1.807, 2.05) is 4.90 Å². The van der Waals surface area contributed by atoms with E-state index >= 15 is 0 Å². The molecule has 9 heteroatoms. The molecule has 4 rings (SSSR count). The SMILES string of the molecule is O=C(NCc1ccccc1[N+](=O)[O-])c1csc(C2CCN(C(=O)C3CCCCC3)CC2)n1. The van der Waals surface area contributed by atoms with Gasteiger partial charge in [-0.05, 0) is 25.7 Å². The topological polar surface area (TPSA) is 105 Å². The van der Waals surface area contributed by atoms with Gasteiger partial charge in [0, 0.05) is 48.5 Å². The second-order valence-electron chi connectivity index (χ2n) is 8.57. The molecule has 2 amide bonds. The van der Waals surface area contributed by atoms with Gasteiger partial charge in [-0.1, -0.05) is 37.5 Å². The molecule has 1 aromatic carbocycles. The summed E-state index contributed by atoms with van der Waals surface area (Å²) in [6, 6.07) is 6.37. The van der Waals surface area contributed by atoms with Crippen molar-refractivity contribution >= 4 is 28.8 Å². The molecule has 0 bridgehead atoms. The number of nitro benzene ring substituents is 1. The molecule has 32 heavy (non-hydrogen) atoms. The highest BCUT2D eigenvalue weighted by Gasteiger charge is 2.30. The molecule has 1 saturated heterocycles. The van der Waals surface area contributed by atoms with Crippen LogP contribution in [-0.2, 0) is 11.3 Å². The van der Waals surface area contributed by atoms with Gasteiger partial charge in [0.2, 0.25) is 5.91 Å². The van der Waals surface area contributed by atoms with Crippen LogP contribution in [0, 0.1) is 16.0 Å². The van der Waals surface area contributed by atoms with Crippen LogP contribution < -0.4 is 5.32 Å². The van der Waals surface area contributed by atoms with Crippen LogP contribution in [0.4, 0.5) is 5.69 Å². The zero-order valence-corrected chi connectivity index (χ0v) is 18.8. The molecule has 1 N–H and O–H groups in total. The average molecular weight is 457 g/mol. The summed E-state index contributed by atoms with van der Waals surface area (Å²) >= 11 is 1.47. The minimum atomic E-state index is -0.451. The zero-order valence-electron chi connectivity index (χ0n) is 18.0. The van der Waals surface area contributed by atoms with Crippen LogP contribution in [-0.4, -0.2) is 39.7 Å². The quantitative estimate of drug-likeness (QED) is 0.516. The monoisotopic (exact) mass is 456 g/mol. The maximum atomic E-state index is 12.8. The third-order valence-electron chi connectivity index (χ3n) is 6.49. The van der Waals surface area contributed by atoms with Crippen molar-refractivity contribution in [3.8, 4) is 0 Å². The molecule has 0 radical (unpaired) electrons. The molecule has 1 saturated carbocycles. The molecule has 0 atom stereocenters. The fourth-order valence-corrected chi connectivity index (χ4v) is 5.61. The number of benzene rings is 1. The van der Waals surface area contributed by atoms with Gasteiger partial charge in [-0.25, -0.2) is 4.98 Å². The summed E-state index contributed by atoms with van der Waals surface area (Å²) in [6.45, 7) is 1.57. The van der Waals surface area contributed by atoms with Gasteiger partial charge < -0.3 is 10.2 Å². The highest BCUT2D eigenvalue weighted by molar-refractivity contribution is 7.09. The van der Waals surface area contributed by atoms with Crippen LogP contribution in [0.5, 0.6) is 0 Å². The number of carbonyl (C=O) groups is 2. The molecule has 8 nitrogen and oxygen atoms in total. The van der Waals surface area contributed by atoms with Gasteiger partial charge in [-0.15, -0.1) is 11.3 Å². The predicted molar refractivity (Wildman–Crippen MR) is 122 cm³/mol. The fourth-order valence-electron chi connectivity index (χ4n) is 4.64. The fraction of sp³-hybridized carbons (Fsp3) is 0.522. The molecule has 2 aromatic rings. The third kappa shape index (κ3) is 5.15. The number of carbonyl (C=O) groups excluding carboxylic acids is 2. The lowest BCUT2D eigenvalue weighted by Crippen LogP contribution is -2.41. The summed E-state index contributed by atoms with van der Waals surface area (Å²) in [4.78, 5) is 42.5. The summed E-state index contributed by atoms with van der Waals surface area (Å²) in [6.07, 6.45) is 7.34. The van der Waals surface area contributed by atoms with Crippen molar-refractivity contribution in [1.82, 2.24) is 15.2 Å². The maximum Gasteiger partial charge on any atom is 0.274 e. The first-order valence-electron chi connectivity index (χ1n) is 11.3. The summed E-state index contributed by atoms with van der Waals surface area (Å²) in [5, 5.41) is 16.5. The average Bonchev–Trinajstić information content (AvgIpc) is 3.33.